The smallest absolute Gasteiger partial charge is 0.223 e. The molecule has 0 aliphatic heterocycles. The maximum absolute atomic E-state index is 5.73. The molecule has 3 rings (SSSR count). The third-order valence-electron chi connectivity index (χ3n) is 4.39. The predicted octanol–water partition coefficient (Wildman–Crippen LogP) is 4.52. The van der Waals surface area contributed by atoms with Crippen LogP contribution in [0.5, 0.6) is 0 Å². The number of nitrogens with zero attached hydrogens (tertiary/aromatic N) is 2. The highest BCUT2D eigenvalue weighted by molar-refractivity contribution is 5.91. The molecule has 1 heterocycles. The van der Waals surface area contributed by atoms with Gasteiger partial charge in [0.2, 0.25) is 5.95 Å². The number of aryl methyl sites for hydroxylation is 3. The van der Waals surface area contributed by atoms with Crippen LogP contribution < -0.4 is 11.1 Å². The average molecular weight is 332 g/mol. The van der Waals surface area contributed by atoms with E-state index in [4.69, 9.17) is 5.73 Å². The number of allylic oxidation sites excluding steroid dienone is 1. The van der Waals surface area contributed by atoms with Crippen molar-refractivity contribution in [2.45, 2.75) is 26.7 Å². The molecular formula is C21H24N4. The minimum Gasteiger partial charge on any atom is -0.399 e. The summed E-state index contributed by atoms with van der Waals surface area (Å²) in [5.74, 6) is 0.659. The second-order valence-electron chi connectivity index (χ2n) is 6.26. The molecule has 0 unspecified atom stereocenters. The summed E-state index contributed by atoms with van der Waals surface area (Å²) in [4.78, 5) is 9.11. The van der Waals surface area contributed by atoms with Gasteiger partial charge < -0.3 is 11.1 Å². The van der Waals surface area contributed by atoms with Crippen LogP contribution in [-0.4, -0.2) is 17.0 Å². The van der Waals surface area contributed by atoms with Gasteiger partial charge in [-0.05, 0) is 61.6 Å². The van der Waals surface area contributed by atoms with Gasteiger partial charge in [0, 0.05) is 18.1 Å². The second-order valence-corrected chi connectivity index (χ2v) is 6.26. The van der Waals surface area contributed by atoms with Gasteiger partial charge in [-0.15, -0.1) is 0 Å². The molecule has 0 spiro atoms. The summed E-state index contributed by atoms with van der Waals surface area (Å²) in [5, 5.41) is 4.15. The number of nitrogens with one attached hydrogen (secondary N) is 1. The molecule has 1 aromatic heterocycles. The minimum atomic E-state index is 0.659. The number of anilines is 2. The fraction of sp³-hybridized carbons (Fsp3) is 0.238. The monoisotopic (exact) mass is 332 g/mol. The van der Waals surface area contributed by atoms with E-state index in [0.717, 1.165) is 35.1 Å². The lowest BCUT2D eigenvalue weighted by atomic mass is 10.0. The molecule has 0 aliphatic rings. The highest BCUT2D eigenvalue weighted by Gasteiger charge is 2.09. The van der Waals surface area contributed by atoms with Crippen LogP contribution >= 0.6 is 0 Å². The van der Waals surface area contributed by atoms with Crippen molar-refractivity contribution in [3.05, 3.63) is 64.9 Å². The molecule has 2 aromatic carbocycles. The largest absolute Gasteiger partial charge is 0.399 e. The van der Waals surface area contributed by atoms with Gasteiger partial charge in [-0.25, -0.2) is 9.97 Å². The standard InChI is InChI=1S/C21H24N4/c1-14-8-13-19-20(15(2)24-21(23-3)25-19)18(14)7-5-4-6-16-9-11-17(22)12-10-16/h5,7-13H,4,6,22H2,1-3H3,(H,23,24,25)/b7-5-. The van der Waals surface area contributed by atoms with Gasteiger partial charge >= 0.3 is 0 Å². The maximum Gasteiger partial charge on any atom is 0.223 e. The van der Waals surface area contributed by atoms with Gasteiger partial charge in [-0.2, -0.15) is 0 Å². The fourth-order valence-corrected chi connectivity index (χ4v) is 3.00. The normalized spacial score (nSPS) is 11.3. The van der Waals surface area contributed by atoms with Crippen LogP contribution in [0.15, 0.2) is 42.5 Å². The van der Waals surface area contributed by atoms with E-state index in [2.05, 4.69) is 58.6 Å². The molecule has 0 amide bonds. The molecule has 0 saturated carbocycles. The highest BCUT2D eigenvalue weighted by atomic mass is 15.1. The maximum atomic E-state index is 5.73. The summed E-state index contributed by atoms with van der Waals surface area (Å²) in [5.41, 5.74) is 12.2. The molecule has 0 atom stereocenters. The zero-order valence-electron chi connectivity index (χ0n) is 15.0. The van der Waals surface area contributed by atoms with Crippen molar-refractivity contribution in [3.8, 4) is 0 Å². The zero-order chi connectivity index (χ0) is 17.8. The van der Waals surface area contributed by atoms with Crippen molar-refractivity contribution >= 4 is 28.6 Å². The topological polar surface area (TPSA) is 63.8 Å². The van der Waals surface area contributed by atoms with Crippen molar-refractivity contribution < 1.29 is 0 Å². The lowest BCUT2D eigenvalue weighted by Gasteiger charge is -2.10. The number of nitrogens with two attached hydrogens (primary N) is 1. The van der Waals surface area contributed by atoms with Crippen LogP contribution in [0.2, 0.25) is 0 Å². The van der Waals surface area contributed by atoms with Crippen LogP contribution in [0.25, 0.3) is 17.0 Å². The van der Waals surface area contributed by atoms with E-state index in [1.807, 2.05) is 26.1 Å². The Balaban J connectivity index is 1.84. The van der Waals surface area contributed by atoms with E-state index in [0.29, 0.717) is 5.95 Å². The van der Waals surface area contributed by atoms with E-state index >= 15 is 0 Å². The predicted molar refractivity (Wildman–Crippen MR) is 107 cm³/mol. The van der Waals surface area contributed by atoms with Crippen LogP contribution in [0.4, 0.5) is 11.6 Å². The Bertz CT molecular complexity index is 911. The van der Waals surface area contributed by atoms with Crippen LogP contribution in [0.1, 0.15) is 28.8 Å². The van der Waals surface area contributed by atoms with Crippen molar-refractivity contribution in [2.24, 2.45) is 0 Å². The Morgan fingerprint density at radius 1 is 1.04 bits per heavy atom. The van der Waals surface area contributed by atoms with Crippen molar-refractivity contribution in [1.82, 2.24) is 9.97 Å². The summed E-state index contributed by atoms with van der Waals surface area (Å²) in [6.45, 7) is 4.17. The lowest BCUT2D eigenvalue weighted by molar-refractivity contribution is 1.01. The number of nitrogen functional groups attached to an aromatic ring is 1. The van der Waals surface area contributed by atoms with Crippen molar-refractivity contribution in [2.75, 3.05) is 18.1 Å². The van der Waals surface area contributed by atoms with Crippen molar-refractivity contribution in [1.29, 1.82) is 0 Å². The Morgan fingerprint density at radius 2 is 1.80 bits per heavy atom. The minimum absolute atomic E-state index is 0.659. The number of rotatable bonds is 5. The molecular weight excluding hydrogens is 308 g/mol. The number of hydrogen-bond donors (Lipinski definition) is 2. The van der Waals surface area contributed by atoms with Crippen LogP contribution in [-0.2, 0) is 6.42 Å². The number of benzene rings is 2. The number of hydrogen-bond acceptors (Lipinski definition) is 4. The molecule has 0 fully saturated rings. The summed E-state index contributed by atoms with van der Waals surface area (Å²) >= 11 is 0. The zero-order valence-corrected chi connectivity index (χ0v) is 15.0. The third-order valence-corrected chi connectivity index (χ3v) is 4.39. The average Bonchev–Trinajstić information content (AvgIpc) is 2.61. The first kappa shape index (κ1) is 17.0. The van der Waals surface area contributed by atoms with E-state index in [1.165, 1.54) is 16.7 Å². The molecule has 0 aliphatic carbocycles. The van der Waals surface area contributed by atoms with Crippen molar-refractivity contribution in [3.63, 3.8) is 0 Å². The molecule has 4 nitrogen and oxygen atoms in total. The summed E-state index contributed by atoms with van der Waals surface area (Å²) in [6, 6.07) is 12.3. The van der Waals surface area contributed by atoms with Gasteiger partial charge in [-0.1, -0.05) is 30.4 Å². The first-order chi connectivity index (χ1) is 12.1. The van der Waals surface area contributed by atoms with E-state index in [9.17, 15) is 0 Å². The molecule has 25 heavy (non-hydrogen) atoms. The van der Waals surface area contributed by atoms with E-state index in [1.54, 1.807) is 0 Å². The molecule has 0 saturated heterocycles. The van der Waals surface area contributed by atoms with Gasteiger partial charge in [0.05, 0.1) is 11.2 Å². The summed E-state index contributed by atoms with van der Waals surface area (Å²) < 4.78 is 0. The highest BCUT2D eigenvalue weighted by Crippen LogP contribution is 2.26. The lowest BCUT2D eigenvalue weighted by Crippen LogP contribution is -2.00. The Kier molecular flexibility index (Phi) is 4.98. The van der Waals surface area contributed by atoms with Crippen LogP contribution in [0.3, 0.4) is 0 Å². The van der Waals surface area contributed by atoms with Gasteiger partial charge in [0.15, 0.2) is 0 Å². The molecule has 4 heteroatoms. The Labute approximate surface area is 148 Å². The third kappa shape index (κ3) is 3.79. The molecule has 3 N–H and O–H groups in total. The quantitative estimate of drug-likeness (QED) is 0.674. The van der Waals surface area contributed by atoms with E-state index < -0.39 is 0 Å². The summed E-state index contributed by atoms with van der Waals surface area (Å²) in [7, 11) is 1.84. The summed E-state index contributed by atoms with van der Waals surface area (Å²) in [6.07, 6.45) is 6.40. The Morgan fingerprint density at radius 3 is 2.52 bits per heavy atom. The fourth-order valence-electron chi connectivity index (χ4n) is 3.00. The first-order valence-corrected chi connectivity index (χ1v) is 8.55. The second kappa shape index (κ2) is 7.34. The number of aromatic nitrogens is 2. The Hall–Kier alpha value is -2.88. The van der Waals surface area contributed by atoms with Crippen LogP contribution in [0, 0.1) is 13.8 Å². The number of fused-ring (bicyclic) bond motifs is 1. The molecule has 3 aromatic rings. The van der Waals surface area contributed by atoms with Gasteiger partial charge in [-0.3, -0.25) is 0 Å². The van der Waals surface area contributed by atoms with E-state index in [-0.39, 0.29) is 0 Å². The van der Waals surface area contributed by atoms with Gasteiger partial charge in [0.1, 0.15) is 0 Å². The first-order valence-electron chi connectivity index (χ1n) is 8.55. The van der Waals surface area contributed by atoms with Gasteiger partial charge in [0.25, 0.3) is 0 Å². The molecule has 128 valence electrons. The molecule has 0 bridgehead atoms. The molecule has 0 radical (unpaired) electrons. The SMILES string of the molecule is CNc1nc(C)c2c(/C=C\CCc3ccc(N)cc3)c(C)ccc2n1.